The molecule has 0 radical (unpaired) electrons. The number of nitrogens with zero attached hydrogens (tertiary/aromatic N) is 2. The number of aryl methyl sites for hydroxylation is 1. The van der Waals surface area contributed by atoms with Crippen molar-refractivity contribution < 1.29 is 9.90 Å². The summed E-state index contributed by atoms with van der Waals surface area (Å²) in [6.07, 6.45) is 0.632. The van der Waals surface area contributed by atoms with E-state index in [1.165, 1.54) is 0 Å². The van der Waals surface area contributed by atoms with Crippen LogP contribution in [0.15, 0.2) is 29.4 Å². The van der Waals surface area contributed by atoms with Crippen LogP contribution in [0.2, 0.25) is 0 Å². The number of hydrogen-bond acceptors (Lipinski definition) is 3. The molecule has 0 aliphatic heterocycles. The minimum Gasteiger partial charge on any atom is -0.481 e. The van der Waals surface area contributed by atoms with E-state index in [1.807, 2.05) is 24.3 Å². The predicted molar refractivity (Wildman–Crippen MR) is 60.4 cm³/mol. The lowest BCUT2D eigenvalue weighted by molar-refractivity contribution is -0.136. The quantitative estimate of drug-likeness (QED) is 0.590. The van der Waals surface area contributed by atoms with Crippen LogP contribution in [-0.2, 0) is 11.2 Å². The van der Waals surface area contributed by atoms with E-state index >= 15 is 0 Å². The molecule has 0 unspecified atom stereocenters. The SMILES string of the molecule is C=NN(C)c1ccccc1CCC(=O)O. The average molecular weight is 206 g/mol. The van der Waals surface area contributed by atoms with E-state index in [9.17, 15) is 4.79 Å². The normalized spacial score (nSPS) is 9.67. The fourth-order valence-electron chi connectivity index (χ4n) is 1.36. The van der Waals surface area contributed by atoms with E-state index in [-0.39, 0.29) is 6.42 Å². The summed E-state index contributed by atoms with van der Waals surface area (Å²) < 4.78 is 0. The van der Waals surface area contributed by atoms with Crippen molar-refractivity contribution in [2.75, 3.05) is 12.1 Å². The monoisotopic (exact) mass is 206 g/mol. The molecule has 0 spiro atoms. The molecular formula is C11H14N2O2. The summed E-state index contributed by atoms with van der Waals surface area (Å²) in [6, 6.07) is 7.57. The van der Waals surface area contributed by atoms with E-state index in [0.717, 1.165) is 11.3 Å². The third kappa shape index (κ3) is 3.09. The molecule has 0 aromatic heterocycles. The number of para-hydroxylation sites is 1. The van der Waals surface area contributed by atoms with Crippen LogP contribution in [0.5, 0.6) is 0 Å². The van der Waals surface area contributed by atoms with Gasteiger partial charge in [-0.05, 0) is 18.1 Å². The molecule has 0 saturated heterocycles. The van der Waals surface area contributed by atoms with Crippen LogP contribution in [-0.4, -0.2) is 24.8 Å². The number of hydrogen-bond donors (Lipinski definition) is 1. The van der Waals surface area contributed by atoms with Gasteiger partial charge in [0.15, 0.2) is 0 Å². The van der Waals surface area contributed by atoms with Gasteiger partial charge in [-0.25, -0.2) is 0 Å². The molecule has 0 aliphatic carbocycles. The number of carboxylic acids is 1. The highest BCUT2D eigenvalue weighted by molar-refractivity contribution is 5.68. The Morgan fingerprint density at radius 2 is 2.20 bits per heavy atom. The first-order valence-corrected chi connectivity index (χ1v) is 4.65. The van der Waals surface area contributed by atoms with E-state index in [0.29, 0.717) is 6.42 Å². The molecule has 0 amide bonds. The Hall–Kier alpha value is -1.84. The molecule has 0 bridgehead atoms. The van der Waals surface area contributed by atoms with Gasteiger partial charge in [0.05, 0.1) is 5.69 Å². The molecule has 4 nitrogen and oxygen atoms in total. The van der Waals surface area contributed by atoms with Gasteiger partial charge in [-0.15, -0.1) is 0 Å². The van der Waals surface area contributed by atoms with Crippen molar-refractivity contribution in [3.8, 4) is 0 Å². The number of rotatable bonds is 5. The summed E-state index contributed by atoms with van der Waals surface area (Å²) in [5.74, 6) is -0.793. The van der Waals surface area contributed by atoms with Gasteiger partial charge in [-0.3, -0.25) is 9.80 Å². The molecule has 0 saturated carbocycles. The lowest BCUT2D eigenvalue weighted by Gasteiger charge is -2.16. The van der Waals surface area contributed by atoms with Gasteiger partial charge in [0.2, 0.25) is 0 Å². The van der Waals surface area contributed by atoms with Crippen molar-refractivity contribution in [1.82, 2.24) is 0 Å². The molecular weight excluding hydrogens is 192 g/mol. The second-order valence-corrected chi connectivity index (χ2v) is 3.19. The van der Waals surface area contributed by atoms with Crippen molar-refractivity contribution in [2.24, 2.45) is 5.10 Å². The molecule has 80 valence electrons. The first kappa shape index (κ1) is 11.2. The van der Waals surface area contributed by atoms with Crippen LogP contribution in [0, 0.1) is 0 Å². The molecule has 1 N–H and O–H groups in total. The maximum absolute atomic E-state index is 10.5. The van der Waals surface area contributed by atoms with Gasteiger partial charge in [0.1, 0.15) is 0 Å². The third-order valence-corrected chi connectivity index (χ3v) is 2.16. The number of benzene rings is 1. The second kappa shape index (κ2) is 5.14. The van der Waals surface area contributed by atoms with Crippen LogP contribution in [0.4, 0.5) is 5.69 Å². The van der Waals surface area contributed by atoms with Gasteiger partial charge in [0, 0.05) is 20.2 Å². The maximum Gasteiger partial charge on any atom is 0.303 e. The minimum atomic E-state index is -0.793. The summed E-state index contributed by atoms with van der Waals surface area (Å²) in [5.41, 5.74) is 1.86. The van der Waals surface area contributed by atoms with Crippen LogP contribution >= 0.6 is 0 Å². The Bertz CT molecular complexity index is 363. The van der Waals surface area contributed by atoms with E-state index < -0.39 is 5.97 Å². The molecule has 0 aliphatic rings. The van der Waals surface area contributed by atoms with Crippen molar-refractivity contribution in [3.05, 3.63) is 29.8 Å². The van der Waals surface area contributed by atoms with E-state index in [4.69, 9.17) is 5.11 Å². The predicted octanol–water partition coefficient (Wildman–Crippen LogP) is 1.76. The van der Waals surface area contributed by atoms with Crippen LogP contribution in [0.3, 0.4) is 0 Å². The number of hydrazone groups is 1. The van der Waals surface area contributed by atoms with Crippen molar-refractivity contribution in [3.63, 3.8) is 0 Å². The molecule has 1 aromatic rings. The summed E-state index contributed by atoms with van der Waals surface area (Å²) in [7, 11) is 1.78. The fourth-order valence-corrected chi connectivity index (χ4v) is 1.36. The largest absolute Gasteiger partial charge is 0.481 e. The van der Waals surface area contributed by atoms with Gasteiger partial charge in [-0.2, -0.15) is 5.10 Å². The Kier molecular flexibility index (Phi) is 3.85. The molecule has 15 heavy (non-hydrogen) atoms. The first-order chi connectivity index (χ1) is 7.15. The van der Waals surface area contributed by atoms with Gasteiger partial charge in [-0.1, -0.05) is 18.2 Å². The Balaban J connectivity index is 2.85. The summed E-state index contributed by atoms with van der Waals surface area (Å²) in [6.45, 7) is 3.43. The summed E-state index contributed by atoms with van der Waals surface area (Å²) in [4.78, 5) is 10.5. The Morgan fingerprint density at radius 3 is 2.80 bits per heavy atom. The highest BCUT2D eigenvalue weighted by Crippen LogP contribution is 2.20. The number of anilines is 1. The topological polar surface area (TPSA) is 52.9 Å². The highest BCUT2D eigenvalue weighted by Gasteiger charge is 2.06. The van der Waals surface area contributed by atoms with Crippen LogP contribution in [0.25, 0.3) is 0 Å². The fraction of sp³-hybridized carbons (Fsp3) is 0.273. The molecule has 0 fully saturated rings. The number of carboxylic acid groups (broad SMARTS) is 1. The third-order valence-electron chi connectivity index (χ3n) is 2.16. The number of aliphatic carboxylic acids is 1. The lowest BCUT2D eigenvalue weighted by Crippen LogP contribution is -2.10. The van der Waals surface area contributed by atoms with E-state index in [1.54, 1.807) is 12.1 Å². The lowest BCUT2D eigenvalue weighted by atomic mass is 10.1. The van der Waals surface area contributed by atoms with E-state index in [2.05, 4.69) is 11.8 Å². The van der Waals surface area contributed by atoms with Gasteiger partial charge < -0.3 is 5.11 Å². The van der Waals surface area contributed by atoms with Gasteiger partial charge >= 0.3 is 5.97 Å². The summed E-state index contributed by atoms with van der Waals surface area (Å²) in [5, 5.41) is 14.0. The van der Waals surface area contributed by atoms with Gasteiger partial charge in [0.25, 0.3) is 0 Å². The molecule has 4 heteroatoms. The zero-order valence-corrected chi connectivity index (χ0v) is 8.68. The second-order valence-electron chi connectivity index (χ2n) is 3.19. The van der Waals surface area contributed by atoms with Crippen molar-refractivity contribution >= 4 is 18.4 Å². The standard InChI is InChI=1S/C11H14N2O2/c1-12-13(2)10-6-4-3-5-9(10)7-8-11(14)15/h3-6H,1,7-8H2,2H3,(H,14,15). The molecule has 1 rings (SSSR count). The summed E-state index contributed by atoms with van der Waals surface area (Å²) >= 11 is 0. The Labute approximate surface area is 88.8 Å². The average Bonchev–Trinajstić information content (AvgIpc) is 2.25. The smallest absolute Gasteiger partial charge is 0.303 e. The zero-order chi connectivity index (χ0) is 11.3. The van der Waals surface area contributed by atoms with Crippen molar-refractivity contribution in [2.45, 2.75) is 12.8 Å². The van der Waals surface area contributed by atoms with Crippen LogP contribution in [0.1, 0.15) is 12.0 Å². The highest BCUT2D eigenvalue weighted by atomic mass is 16.4. The minimum absolute atomic E-state index is 0.127. The maximum atomic E-state index is 10.5. The molecule has 0 heterocycles. The zero-order valence-electron chi connectivity index (χ0n) is 8.68. The Morgan fingerprint density at radius 1 is 1.53 bits per heavy atom. The van der Waals surface area contributed by atoms with Crippen LogP contribution < -0.4 is 5.01 Å². The number of carbonyl (C=O) groups is 1. The van der Waals surface area contributed by atoms with Crippen molar-refractivity contribution in [1.29, 1.82) is 0 Å². The molecule has 1 aromatic carbocycles. The first-order valence-electron chi connectivity index (χ1n) is 4.65. The molecule has 0 atom stereocenters.